The summed E-state index contributed by atoms with van der Waals surface area (Å²) in [6.07, 6.45) is 1.95. The number of hydrogen-bond acceptors (Lipinski definition) is 4. The van der Waals surface area contributed by atoms with Gasteiger partial charge in [0.05, 0.1) is 11.2 Å². The van der Waals surface area contributed by atoms with Gasteiger partial charge in [0.25, 0.3) is 5.91 Å². The van der Waals surface area contributed by atoms with Gasteiger partial charge in [0.1, 0.15) is 0 Å². The number of carbonyl (C=O) groups excluding carboxylic acids is 2. The maximum atomic E-state index is 13.1. The summed E-state index contributed by atoms with van der Waals surface area (Å²) in [5.41, 5.74) is 1.74. The number of nitrogens with zero attached hydrogens (tertiary/aromatic N) is 1. The Morgan fingerprint density at radius 1 is 1.21 bits per heavy atom. The summed E-state index contributed by atoms with van der Waals surface area (Å²) in [7, 11) is -0.187. The molecule has 2 atom stereocenters. The van der Waals surface area contributed by atoms with E-state index in [1.54, 1.807) is 6.07 Å². The van der Waals surface area contributed by atoms with Crippen LogP contribution in [0.25, 0.3) is 0 Å². The van der Waals surface area contributed by atoms with E-state index in [1.807, 2.05) is 17.0 Å². The van der Waals surface area contributed by atoms with Gasteiger partial charge < -0.3 is 24.8 Å². The standard InChI is InChI=1S/C21H28BN3O4/c1-19(2)20(3,4)29-22(28-19)21-7-8-25(12-15(21)10-21)17(26)13-5-6-16-14(9-13)11-23-18(27)24-16/h5-6,9,15H,7-8,10-12H2,1-4H3,(H2,23,24,27). The highest BCUT2D eigenvalue weighted by Gasteiger charge is 2.70. The molecule has 0 spiro atoms. The van der Waals surface area contributed by atoms with E-state index in [-0.39, 0.29) is 35.6 Å². The molecule has 0 radical (unpaired) electrons. The number of likely N-dealkylation sites (tertiary alicyclic amines) is 1. The third kappa shape index (κ3) is 2.87. The fourth-order valence-electron chi connectivity index (χ4n) is 4.84. The van der Waals surface area contributed by atoms with Crippen LogP contribution >= 0.6 is 0 Å². The Hall–Kier alpha value is -2.06. The lowest BCUT2D eigenvalue weighted by atomic mass is 9.63. The van der Waals surface area contributed by atoms with Crippen LogP contribution in [0.4, 0.5) is 10.5 Å². The zero-order valence-electron chi connectivity index (χ0n) is 17.5. The van der Waals surface area contributed by atoms with Crippen LogP contribution in [-0.4, -0.2) is 48.2 Å². The van der Waals surface area contributed by atoms with Crippen molar-refractivity contribution in [3.63, 3.8) is 0 Å². The zero-order chi connectivity index (χ0) is 20.6. The number of nitrogens with one attached hydrogen (secondary N) is 2. The molecule has 4 aliphatic rings. The van der Waals surface area contributed by atoms with Crippen molar-refractivity contribution in [2.75, 3.05) is 18.4 Å². The van der Waals surface area contributed by atoms with Crippen molar-refractivity contribution in [3.8, 4) is 0 Å². The minimum atomic E-state index is -0.320. The molecule has 1 aromatic rings. The fraction of sp³-hybridized carbons (Fsp3) is 0.619. The molecule has 5 rings (SSSR count). The molecule has 0 bridgehead atoms. The predicted molar refractivity (Wildman–Crippen MR) is 110 cm³/mol. The first-order valence-corrected chi connectivity index (χ1v) is 10.4. The largest absolute Gasteiger partial charge is 0.464 e. The van der Waals surface area contributed by atoms with Crippen LogP contribution < -0.4 is 10.6 Å². The summed E-state index contributed by atoms with van der Waals surface area (Å²) >= 11 is 0. The molecule has 2 N–H and O–H groups in total. The highest BCUT2D eigenvalue weighted by Crippen LogP contribution is 2.69. The molecule has 8 heteroatoms. The Bertz CT molecular complexity index is 886. The van der Waals surface area contributed by atoms with Gasteiger partial charge >= 0.3 is 13.1 Å². The van der Waals surface area contributed by atoms with E-state index in [0.717, 1.165) is 30.6 Å². The number of hydrogen-bond donors (Lipinski definition) is 2. The van der Waals surface area contributed by atoms with Crippen LogP contribution in [0.3, 0.4) is 0 Å². The van der Waals surface area contributed by atoms with E-state index < -0.39 is 0 Å². The summed E-state index contributed by atoms with van der Waals surface area (Å²) in [6, 6.07) is 5.29. The van der Waals surface area contributed by atoms with Gasteiger partial charge in [-0.25, -0.2) is 4.79 Å². The average Bonchev–Trinajstić information content (AvgIpc) is 3.35. The van der Waals surface area contributed by atoms with E-state index in [2.05, 4.69) is 38.3 Å². The molecule has 29 heavy (non-hydrogen) atoms. The van der Waals surface area contributed by atoms with Crippen molar-refractivity contribution in [3.05, 3.63) is 29.3 Å². The monoisotopic (exact) mass is 397 g/mol. The van der Waals surface area contributed by atoms with Crippen molar-refractivity contribution in [1.29, 1.82) is 0 Å². The van der Waals surface area contributed by atoms with Crippen LogP contribution in [0.5, 0.6) is 0 Å². The Morgan fingerprint density at radius 2 is 1.93 bits per heavy atom. The quantitative estimate of drug-likeness (QED) is 0.752. The Morgan fingerprint density at radius 3 is 2.62 bits per heavy atom. The molecule has 0 aromatic heterocycles. The number of carbonyl (C=O) groups is 2. The smallest absolute Gasteiger partial charge is 0.403 e. The van der Waals surface area contributed by atoms with E-state index in [4.69, 9.17) is 9.31 Å². The summed E-state index contributed by atoms with van der Waals surface area (Å²) in [6.45, 7) is 10.3. The van der Waals surface area contributed by atoms with E-state index in [0.29, 0.717) is 24.6 Å². The predicted octanol–water partition coefficient (Wildman–Crippen LogP) is 3.02. The Kier molecular flexibility index (Phi) is 3.91. The molecule has 3 aliphatic heterocycles. The van der Waals surface area contributed by atoms with E-state index >= 15 is 0 Å². The van der Waals surface area contributed by atoms with Crippen molar-refractivity contribution in [2.45, 2.75) is 63.6 Å². The number of benzene rings is 1. The van der Waals surface area contributed by atoms with Crippen LogP contribution in [0.15, 0.2) is 18.2 Å². The van der Waals surface area contributed by atoms with Crippen LogP contribution in [0, 0.1) is 5.92 Å². The normalized spacial score (nSPS) is 31.4. The number of piperidine rings is 1. The molecule has 154 valence electrons. The lowest BCUT2D eigenvalue weighted by molar-refractivity contribution is 0.00578. The second kappa shape index (κ2) is 5.98. The van der Waals surface area contributed by atoms with Gasteiger partial charge in [-0.2, -0.15) is 0 Å². The minimum Gasteiger partial charge on any atom is -0.403 e. The SMILES string of the molecule is CC1(C)OB(C23CCN(C(=O)c4ccc5c(c4)CNC(=O)N5)CC2C3)OC1(C)C. The van der Waals surface area contributed by atoms with Crippen LogP contribution in [0.1, 0.15) is 56.5 Å². The topological polar surface area (TPSA) is 79.9 Å². The van der Waals surface area contributed by atoms with Gasteiger partial charge in [0.15, 0.2) is 0 Å². The minimum absolute atomic E-state index is 0.0475. The number of urea groups is 1. The van der Waals surface area contributed by atoms with Crippen molar-refractivity contribution >= 4 is 24.7 Å². The average molecular weight is 397 g/mol. The fourth-order valence-corrected chi connectivity index (χ4v) is 4.84. The Labute approximate surface area is 171 Å². The van der Waals surface area contributed by atoms with Crippen molar-refractivity contribution in [2.24, 2.45) is 5.92 Å². The lowest BCUT2D eigenvalue weighted by Crippen LogP contribution is -2.42. The third-order valence-electron chi connectivity index (χ3n) is 7.62. The molecule has 7 nitrogen and oxygen atoms in total. The maximum absolute atomic E-state index is 13.1. The number of anilines is 1. The third-order valence-corrected chi connectivity index (χ3v) is 7.62. The second-order valence-electron chi connectivity index (χ2n) is 9.90. The van der Waals surface area contributed by atoms with E-state index in [9.17, 15) is 9.59 Å². The summed E-state index contributed by atoms with van der Waals surface area (Å²) in [5, 5.41) is 5.56. The molecule has 3 amide bonds. The van der Waals surface area contributed by atoms with Crippen molar-refractivity contribution in [1.82, 2.24) is 10.2 Å². The van der Waals surface area contributed by atoms with E-state index in [1.165, 1.54) is 0 Å². The highest BCUT2D eigenvalue weighted by molar-refractivity contribution is 6.51. The molecular weight excluding hydrogens is 369 g/mol. The van der Waals surface area contributed by atoms with Gasteiger partial charge in [-0.1, -0.05) is 0 Å². The van der Waals surface area contributed by atoms with Gasteiger partial charge in [0.2, 0.25) is 0 Å². The lowest BCUT2D eigenvalue weighted by Gasteiger charge is -2.33. The molecular formula is C21H28BN3O4. The number of fused-ring (bicyclic) bond motifs is 2. The molecule has 3 fully saturated rings. The Balaban J connectivity index is 1.27. The molecule has 1 aromatic carbocycles. The number of rotatable bonds is 2. The molecule has 2 unspecified atom stereocenters. The second-order valence-corrected chi connectivity index (χ2v) is 9.90. The van der Waals surface area contributed by atoms with Crippen molar-refractivity contribution < 1.29 is 18.9 Å². The van der Waals surface area contributed by atoms with Gasteiger partial charge in [-0.3, -0.25) is 4.79 Å². The molecule has 1 aliphatic carbocycles. The highest BCUT2D eigenvalue weighted by atomic mass is 16.7. The summed E-state index contributed by atoms with van der Waals surface area (Å²) in [5.74, 6) is 0.479. The van der Waals surface area contributed by atoms with Gasteiger partial charge in [-0.15, -0.1) is 0 Å². The first-order valence-electron chi connectivity index (χ1n) is 10.4. The molecule has 1 saturated carbocycles. The molecule has 2 saturated heterocycles. The summed E-state index contributed by atoms with van der Waals surface area (Å²) in [4.78, 5) is 26.5. The van der Waals surface area contributed by atoms with Gasteiger partial charge in [-0.05, 0) is 70.2 Å². The zero-order valence-corrected chi connectivity index (χ0v) is 17.5. The first kappa shape index (κ1) is 18.9. The summed E-state index contributed by atoms with van der Waals surface area (Å²) < 4.78 is 12.7. The first-order chi connectivity index (χ1) is 13.6. The maximum Gasteiger partial charge on any atom is 0.464 e. The van der Waals surface area contributed by atoms with Crippen LogP contribution in [0.2, 0.25) is 5.31 Å². The number of amides is 3. The van der Waals surface area contributed by atoms with Gasteiger partial charge in [0, 0.05) is 36.2 Å². The van der Waals surface area contributed by atoms with Crippen LogP contribution in [-0.2, 0) is 15.9 Å². The molecule has 3 heterocycles.